The van der Waals surface area contributed by atoms with Crippen LogP contribution in [0.1, 0.15) is 38.5 Å². The number of amides is 3. The van der Waals surface area contributed by atoms with Gasteiger partial charge in [0.25, 0.3) is 0 Å². The zero-order chi connectivity index (χ0) is 16.8. The van der Waals surface area contributed by atoms with Crippen LogP contribution < -0.4 is 16.0 Å². The van der Waals surface area contributed by atoms with Gasteiger partial charge in [0, 0.05) is 24.5 Å². The molecule has 1 unspecified atom stereocenters. The summed E-state index contributed by atoms with van der Waals surface area (Å²) in [6.07, 6.45) is 6.48. The molecule has 0 spiro atoms. The van der Waals surface area contributed by atoms with Crippen LogP contribution in [0.5, 0.6) is 0 Å². The van der Waals surface area contributed by atoms with Crippen molar-refractivity contribution in [1.82, 2.24) is 10.2 Å². The highest BCUT2D eigenvalue weighted by Crippen LogP contribution is 2.17. The van der Waals surface area contributed by atoms with Crippen LogP contribution >= 0.6 is 12.4 Å². The van der Waals surface area contributed by atoms with E-state index in [0.29, 0.717) is 0 Å². The number of nitrogens with one attached hydrogen (secondary N) is 3. The van der Waals surface area contributed by atoms with Crippen LogP contribution in [0.4, 0.5) is 16.2 Å². The fourth-order valence-electron chi connectivity index (χ4n) is 3.25. The minimum Gasteiger partial charge on any atom is -0.325 e. The van der Waals surface area contributed by atoms with Gasteiger partial charge in [0.05, 0.1) is 6.04 Å². The van der Waals surface area contributed by atoms with Crippen molar-refractivity contribution in [3.05, 3.63) is 24.3 Å². The molecule has 3 amide bonds. The highest BCUT2D eigenvalue weighted by Gasteiger charge is 2.21. The van der Waals surface area contributed by atoms with E-state index in [1.165, 1.54) is 12.8 Å². The molecule has 2 fully saturated rings. The molecule has 0 aromatic heterocycles. The number of hydrogen-bond donors (Lipinski definition) is 3. The van der Waals surface area contributed by atoms with Gasteiger partial charge in [0.15, 0.2) is 0 Å². The first-order valence-electron chi connectivity index (χ1n) is 8.92. The minimum atomic E-state index is -0.0904. The maximum absolute atomic E-state index is 12.3. The van der Waals surface area contributed by atoms with Gasteiger partial charge in [0.1, 0.15) is 0 Å². The molecule has 0 aliphatic carbocycles. The lowest BCUT2D eigenvalue weighted by atomic mass is 10.2. The van der Waals surface area contributed by atoms with Crippen LogP contribution in [0.25, 0.3) is 0 Å². The highest BCUT2D eigenvalue weighted by atomic mass is 35.5. The van der Waals surface area contributed by atoms with Crippen LogP contribution in [0.15, 0.2) is 24.3 Å². The van der Waals surface area contributed by atoms with Crippen molar-refractivity contribution in [1.29, 1.82) is 0 Å². The second-order valence-electron chi connectivity index (χ2n) is 6.55. The Hall–Kier alpha value is -1.79. The summed E-state index contributed by atoms with van der Waals surface area (Å²) in [6, 6.07) is 7.17. The average molecular weight is 367 g/mol. The standard InChI is InChI=1S/C18H26N4O2.ClH/c23-17(16-6-5-11-19-16)20-14-7-9-15(10-8-14)21-18(24)22-12-3-1-2-4-13-22;/h7-10,16,19H,1-6,11-13H2,(H,20,23)(H,21,24);1H. The molecule has 1 aromatic rings. The lowest BCUT2D eigenvalue weighted by Gasteiger charge is -2.20. The zero-order valence-corrected chi connectivity index (χ0v) is 15.2. The fourth-order valence-corrected chi connectivity index (χ4v) is 3.25. The Morgan fingerprint density at radius 3 is 2.08 bits per heavy atom. The minimum absolute atomic E-state index is 0. The van der Waals surface area contributed by atoms with Crippen LogP contribution in [0, 0.1) is 0 Å². The Morgan fingerprint density at radius 1 is 0.920 bits per heavy atom. The predicted molar refractivity (Wildman–Crippen MR) is 102 cm³/mol. The number of hydrogen-bond acceptors (Lipinski definition) is 3. The van der Waals surface area contributed by atoms with E-state index in [0.717, 1.165) is 56.7 Å². The van der Waals surface area contributed by atoms with Crippen molar-refractivity contribution in [3.8, 4) is 0 Å². The Morgan fingerprint density at radius 2 is 1.52 bits per heavy atom. The lowest BCUT2D eigenvalue weighted by molar-refractivity contribution is -0.117. The monoisotopic (exact) mass is 366 g/mol. The summed E-state index contributed by atoms with van der Waals surface area (Å²) < 4.78 is 0. The fraction of sp³-hybridized carbons (Fsp3) is 0.556. The Labute approximate surface area is 155 Å². The average Bonchev–Trinajstić information content (AvgIpc) is 2.99. The molecule has 0 radical (unpaired) electrons. The summed E-state index contributed by atoms with van der Waals surface area (Å²) in [5.41, 5.74) is 1.50. The first-order chi connectivity index (χ1) is 11.7. The summed E-state index contributed by atoms with van der Waals surface area (Å²) in [5, 5.41) is 9.03. The second kappa shape index (κ2) is 9.63. The van der Waals surface area contributed by atoms with E-state index in [-0.39, 0.29) is 30.4 Å². The van der Waals surface area contributed by atoms with Gasteiger partial charge in [-0.3, -0.25) is 4.79 Å². The Kier molecular flexibility index (Phi) is 7.52. The van der Waals surface area contributed by atoms with Gasteiger partial charge in [-0.05, 0) is 56.5 Å². The number of anilines is 2. The van der Waals surface area contributed by atoms with Crippen LogP contribution in [-0.4, -0.2) is 42.5 Å². The number of likely N-dealkylation sites (tertiary alicyclic amines) is 1. The number of halogens is 1. The molecule has 25 heavy (non-hydrogen) atoms. The maximum atomic E-state index is 12.3. The van der Waals surface area contributed by atoms with Crippen LogP contribution in [-0.2, 0) is 4.79 Å². The molecule has 3 N–H and O–H groups in total. The van der Waals surface area contributed by atoms with Crippen LogP contribution in [0.3, 0.4) is 0 Å². The Balaban J connectivity index is 0.00000225. The first-order valence-corrected chi connectivity index (χ1v) is 8.92. The molecule has 138 valence electrons. The van der Waals surface area contributed by atoms with E-state index in [1.54, 1.807) is 0 Å². The third-order valence-corrected chi connectivity index (χ3v) is 4.67. The highest BCUT2D eigenvalue weighted by molar-refractivity contribution is 5.95. The number of carbonyl (C=O) groups is 2. The van der Waals surface area contributed by atoms with Gasteiger partial charge in [-0.25, -0.2) is 4.79 Å². The zero-order valence-electron chi connectivity index (χ0n) is 14.4. The summed E-state index contributed by atoms with van der Waals surface area (Å²) in [5.74, 6) is 0.00820. The number of nitrogens with zero attached hydrogens (tertiary/aromatic N) is 1. The number of carbonyl (C=O) groups excluding carboxylic acids is 2. The molecule has 6 nitrogen and oxygen atoms in total. The smallest absolute Gasteiger partial charge is 0.321 e. The topological polar surface area (TPSA) is 73.5 Å². The van der Waals surface area contributed by atoms with E-state index in [1.807, 2.05) is 29.2 Å². The summed E-state index contributed by atoms with van der Waals surface area (Å²) in [4.78, 5) is 26.2. The summed E-state index contributed by atoms with van der Waals surface area (Å²) in [6.45, 7) is 2.56. The third-order valence-electron chi connectivity index (χ3n) is 4.67. The van der Waals surface area contributed by atoms with Crippen molar-refractivity contribution in [3.63, 3.8) is 0 Å². The second-order valence-corrected chi connectivity index (χ2v) is 6.55. The van der Waals surface area contributed by atoms with Crippen LogP contribution in [0.2, 0.25) is 0 Å². The number of benzene rings is 1. The largest absolute Gasteiger partial charge is 0.325 e. The maximum Gasteiger partial charge on any atom is 0.321 e. The van der Waals surface area contributed by atoms with Crippen molar-refractivity contribution in [2.75, 3.05) is 30.3 Å². The molecule has 0 bridgehead atoms. The number of rotatable bonds is 3. The van der Waals surface area contributed by atoms with E-state index in [4.69, 9.17) is 0 Å². The molecule has 2 aliphatic rings. The molecular formula is C18H27ClN4O2. The molecule has 2 heterocycles. The molecule has 2 saturated heterocycles. The molecular weight excluding hydrogens is 340 g/mol. The van der Waals surface area contributed by atoms with Gasteiger partial charge in [-0.2, -0.15) is 0 Å². The quantitative estimate of drug-likeness (QED) is 0.769. The molecule has 1 atom stereocenters. The number of urea groups is 1. The van der Waals surface area contributed by atoms with Gasteiger partial charge < -0.3 is 20.9 Å². The van der Waals surface area contributed by atoms with E-state index in [9.17, 15) is 9.59 Å². The molecule has 0 saturated carbocycles. The van der Waals surface area contributed by atoms with Gasteiger partial charge in [-0.1, -0.05) is 12.8 Å². The molecule has 7 heteroatoms. The Bertz CT molecular complexity index is 565. The first kappa shape index (κ1) is 19.5. The van der Waals surface area contributed by atoms with Crippen molar-refractivity contribution in [2.24, 2.45) is 0 Å². The van der Waals surface area contributed by atoms with Gasteiger partial charge in [-0.15, -0.1) is 12.4 Å². The molecule has 1 aromatic carbocycles. The SMILES string of the molecule is Cl.O=C(Nc1ccc(NC(=O)N2CCCCCC2)cc1)C1CCCN1. The van der Waals surface area contributed by atoms with E-state index in [2.05, 4.69) is 16.0 Å². The molecule has 2 aliphatic heterocycles. The van der Waals surface area contributed by atoms with Gasteiger partial charge in [0.2, 0.25) is 5.91 Å². The van der Waals surface area contributed by atoms with Crippen molar-refractivity contribution >= 4 is 35.7 Å². The van der Waals surface area contributed by atoms with Crippen molar-refractivity contribution < 1.29 is 9.59 Å². The van der Waals surface area contributed by atoms with E-state index >= 15 is 0 Å². The summed E-state index contributed by atoms with van der Waals surface area (Å²) in [7, 11) is 0. The van der Waals surface area contributed by atoms with Crippen molar-refractivity contribution in [2.45, 2.75) is 44.6 Å². The normalized spacial score (nSPS) is 20.3. The van der Waals surface area contributed by atoms with E-state index < -0.39 is 0 Å². The van der Waals surface area contributed by atoms with Gasteiger partial charge >= 0.3 is 6.03 Å². The predicted octanol–water partition coefficient (Wildman–Crippen LogP) is 3.21. The summed E-state index contributed by atoms with van der Waals surface area (Å²) >= 11 is 0. The molecule has 3 rings (SSSR count). The lowest BCUT2D eigenvalue weighted by Crippen LogP contribution is -2.35. The third kappa shape index (κ3) is 5.61.